The third-order valence-electron chi connectivity index (χ3n) is 2.14. The van der Waals surface area contributed by atoms with E-state index < -0.39 is 0 Å². The first kappa shape index (κ1) is 8.97. The fourth-order valence-corrected chi connectivity index (χ4v) is 1.45. The van der Waals surface area contributed by atoms with Gasteiger partial charge in [-0.05, 0) is 25.7 Å². The van der Waals surface area contributed by atoms with Gasteiger partial charge in [-0.3, -0.25) is 0 Å². The Bertz CT molecular complexity index is 102. The van der Waals surface area contributed by atoms with Crippen LogP contribution in [-0.2, 0) is 4.74 Å². The number of hydrogen-bond acceptors (Lipinski definition) is 3. The van der Waals surface area contributed by atoms with E-state index in [0.29, 0.717) is 0 Å². The van der Waals surface area contributed by atoms with Crippen molar-refractivity contribution in [3.63, 3.8) is 0 Å². The van der Waals surface area contributed by atoms with E-state index in [2.05, 4.69) is 0 Å². The minimum atomic E-state index is 0.129. The molecule has 1 saturated heterocycles. The molecule has 1 fully saturated rings. The van der Waals surface area contributed by atoms with Crippen molar-refractivity contribution in [1.29, 1.82) is 0 Å². The van der Waals surface area contributed by atoms with E-state index >= 15 is 0 Å². The Hall–Kier alpha value is -0.120. The second-order valence-corrected chi connectivity index (χ2v) is 3.08. The van der Waals surface area contributed by atoms with E-state index in [1.807, 2.05) is 0 Å². The van der Waals surface area contributed by atoms with Crippen LogP contribution in [0, 0.1) is 0 Å². The highest BCUT2D eigenvalue weighted by Crippen LogP contribution is 2.16. The molecule has 1 aliphatic heterocycles. The number of rotatable bonds is 4. The van der Waals surface area contributed by atoms with Gasteiger partial charge in [0.15, 0.2) is 0 Å². The third-order valence-corrected chi connectivity index (χ3v) is 2.14. The summed E-state index contributed by atoms with van der Waals surface area (Å²) in [6, 6.07) is 0.129. The van der Waals surface area contributed by atoms with E-state index in [0.717, 1.165) is 32.3 Å². The summed E-state index contributed by atoms with van der Waals surface area (Å²) in [4.78, 5) is 0. The molecule has 1 aliphatic rings. The van der Waals surface area contributed by atoms with Gasteiger partial charge in [0.05, 0.1) is 6.10 Å². The lowest BCUT2D eigenvalue weighted by Gasteiger charge is -2.17. The first-order valence-corrected chi connectivity index (χ1v) is 4.32. The second-order valence-electron chi connectivity index (χ2n) is 3.08. The molecule has 1 rings (SSSR count). The van der Waals surface area contributed by atoms with Gasteiger partial charge in [0.2, 0.25) is 0 Å². The van der Waals surface area contributed by atoms with Crippen molar-refractivity contribution in [3.8, 4) is 0 Å². The van der Waals surface area contributed by atoms with Crippen molar-refractivity contribution in [3.05, 3.63) is 0 Å². The van der Waals surface area contributed by atoms with E-state index in [9.17, 15) is 0 Å². The lowest BCUT2D eigenvalue weighted by molar-refractivity contribution is 0.0852. The molecule has 3 N–H and O–H groups in total. The first-order chi connectivity index (χ1) is 5.34. The molecule has 3 nitrogen and oxygen atoms in total. The smallest absolute Gasteiger partial charge is 0.0726 e. The molecule has 0 radical (unpaired) electrons. The molecule has 2 atom stereocenters. The summed E-state index contributed by atoms with van der Waals surface area (Å²) in [6.07, 6.45) is 4.15. The standard InChI is InChI=1S/C8H17NO2/c9-7(3-1-5-10)8-4-2-6-11-8/h7-8,10H,1-6,9H2. The van der Waals surface area contributed by atoms with E-state index in [1.165, 1.54) is 0 Å². The van der Waals surface area contributed by atoms with Crippen LogP contribution in [0.1, 0.15) is 25.7 Å². The predicted molar refractivity (Wildman–Crippen MR) is 43.3 cm³/mol. The molecule has 3 heteroatoms. The molecule has 0 spiro atoms. The van der Waals surface area contributed by atoms with Crippen molar-refractivity contribution in [1.82, 2.24) is 0 Å². The highest BCUT2D eigenvalue weighted by Gasteiger charge is 2.21. The zero-order valence-electron chi connectivity index (χ0n) is 6.83. The topological polar surface area (TPSA) is 55.5 Å². The molecule has 66 valence electrons. The van der Waals surface area contributed by atoms with Crippen LogP contribution in [0.2, 0.25) is 0 Å². The summed E-state index contributed by atoms with van der Waals surface area (Å²) in [5.41, 5.74) is 5.83. The summed E-state index contributed by atoms with van der Waals surface area (Å²) < 4.78 is 5.41. The minimum absolute atomic E-state index is 0.129. The van der Waals surface area contributed by atoms with Crippen LogP contribution in [0.4, 0.5) is 0 Å². The molecule has 0 aliphatic carbocycles. The van der Waals surface area contributed by atoms with Gasteiger partial charge in [-0.2, -0.15) is 0 Å². The second kappa shape index (κ2) is 4.70. The Kier molecular flexibility index (Phi) is 3.83. The Morgan fingerprint density at radius 3 is 3.00 bits per heavy atom. The molecule has 0 aromatic carbocycles. The molecule has 0 bridgehead atoms. The molecular weight excluding hydrogens is 142 g/mol. The van der Waals surface area contributed by atoms with Crippen molar-refractivity contribution >= 4 is 0 Å². The van der Waals surface area contributed by atoms with Gasteiger partial charge in [0.25, 0.3) is 0 Å². The van der Waals surface area contributed by atoms with Gasteiger partial charge < -0.3 is 15.6 Å². The van der Waals surface area contributed by atoms with Gasteiger partial charge >= 0.3 is 0 Å². The number of ether oxygens (including phenoxy) is 1. The summed E-state index contributed by atoms with van der Waals surface area (Å²) in [7, 11) is 0. The first-order valence-electron chi connectivity index (χ1n) is 4.32. The highest BCUT2D eigenvalue weighted by atomic mass is 16.5. The molecule has 0 saturated carbocycles. The SMILES string of the molecule is NC(CCCO)C1CCCO1. The molecule has 0 aromatic rings. The maximum absolute atomic E-state index is 8.56. The number of hydrogen-bond donors (Lipinski definition) is 2. The van der Waals surface area contributed by atoms with Crippen molar-refractivity contribution < 1.29 is 9.84 Å². The van der Waals surface area contributed by atoms with Crippen molar-refractivity contribution in [2.75, 3.05) is 13.2 Å². The van der Waals surface area contributed by atoms with Crippen molar-refractivity contribution in [2.24, 2.45) is 5.73 Å². The monoisotopic (exact) mass is 159 g/mol. The van der Waals surface area contributed by atoms with Crippen LogP contribution in [-0.4, -0.2) is 30.5 Å². The quantitative estimate of drug-likeness (QED) is 0.619. The Morgan fingerprint density at radius 1 is 1.64 bits per heavy atom. The van der Waals surface area contributed by atoms with Gasteiger partial charge in [-0.15, -0.1) is 0 Å². The predicted octanol–water partition coefficient (Wildman–Crippen LogP) is 0.265. The van der Waals surface area contributed by atoms with Crippen LogP contribution >= 0.6 is 0 Å². The van der Waals surface area contributed by atoms with E-state index in [-0.39, 0.29) is 18.8 Å². The fourth-order valence-electron chi connectivity index (χ4n) is 1.45. The third kappa shape index (κ3) is 2.77. The van der Waals surface area contributed by atoms with Crippen LogP contribution in [0.25, 0.3) is 0 Å². The average molecular weight is 159 g/mol. The van der Waals surface area contributed by atoms with Gasteiger partial charge in [-0.25, -0.2) is 0 Å². The van der Waals surface area contributed by atoms with Gasteiger partial charge in [0, 0.05) is 19.3 Å². The maximum Gasteiger partial charge on any atom is 0.0726 e. The summed E-state index contributed by atoms with van der Waals surface area (Å²) in [6.45, 7) is 1.10. The van der Waals surface area contributed by atoms with E-state index in [4.69, 9.17) is 15.6 Å². The molecular formula is C8H17NO2. The van der Waals surface area contributed by atoms with Crippen molar-refractivity contribution in [2.45, 2.75) is 37.8 Å². The highest BCUT2D eigenvalue weighted by molar-refractivity contribution is 4.76. The largest absolute Gasteiger partial charge is 0.396 e. The lowest BCUT2D eigenvalue weighted by Crippen LogP contribution is -2.34. The lowest BCUT2D eigenvalue weighted by atomic mass is 10.0. The molecule has 2 unspecified atom stereocenters. The number of aliphatic hydroxyl groups is 1. The Balaban J connectivity index is 2.12. The number of nitrogens with two attached hydrogens (primary N) is 1. The molecule has 11 heavy (non-hydrogen) atoms. The van der Waals surface area contributed by atoms with Crippen LogP contribution in [0.3, 0.4) is 0 Å². The average Bonchev–Trinajstić information content (AvgIpc) is 2.52. The van der Waals surface area contributed by atoms with Gasteiger partial charge in [0.1, 0.15) is 0 Å². The Morgan fingerprint density at radius 2 is 2.45 bits per heavy atom. The summed E-state index contributed by atoms with van der Waals surface area (Å²) in [5, 5.41) is 8.56. The Labute approximate surface area is 67.5 Å². The molecule has 0 amide bonds. The van der Waals surface area contributed by atoms with Crippen LogP contribution in [0.15, 0.2) is 0 Å². The van der Waals surface area contributed by atoms with Crippen LogP contribution < -0.4 is 5.73 Å². The van der Waals surface area contributed by atoms with Gasteiger partial charge in [-0.1, -0.05) is 0 Å². The zero-order valence-corrected chi connectivity index (χ0v) is 6.83. The molecule has 1 heterocycles. The zero-order chi connectivity index (χ0) is 8.10. The molecule has 0 aromatic heterocycles. The normalized spacial score (nSPS) is 27.3. The maximum atomic E-state index is 8.56. The summed E-state index contributed by atoms with van der Waals surface area (Å²) in [5.74, 6) is 0. The van der Waals surface area contributed by atoms with Crippen LogP contribution in [0.5, 0.6) is 0 Å². The fraction of sp³-hybridized carbons (Fsp3) is 1.00. The number of aliphatic hydroxyl groups excluding tert-OH is 1. The van der Waals surface area contributed by atoms with E-state index in [1.54, 1.807) is 0 Å². The summed E-state index contributed by atoms with van der Waals surface area (Å²) >= 11 is 0. The minimum Gasteiger partial charge on any atom is -0.396 e.